The van der Waals surface area contributed by atoms with Crippen molar-refractivity contribution < 1.29 is 14.3 Å². The van der Waals surface area contributed by atoms with Crippen molar-refractivity contribution in [3.05, 3.63) is 29.3 Å². The molecular formula is C18H26N2O3. The SMILES string of the molecule is Cc1cccc(C(=O)O[C@H](C)C(=O)NCC2CCCCC2)c1N. The Bertz CT molecular complexity index is 565. The van der Waals surface area contributed by atoms with Gasteiger partial charge < -0.3 is 15.8 Å². The number of hydrogen-bond acceptors (Lipinski definition) is 4. The highest BCUT2D eigenvalue weighted by Crippen LogP contribution is 2.23. The lowest BCUT2D eigenvalue weighted by Crippen LogP contribution is -2.38. The first-order chi connectivity index (χ1) is 11.0. The van der Waals surface area contributed by atoms with Crippen molar-refractivity contribution in [2.24, 2.45) is 5.92 Å². The number of carbonyl (C=O) groups excluding carboxylic acids is 2. The van der Waals surface area contributed by atoms with E-state index >= 15 is 0 Å². The Morgan fingerprint density at radius 2 is 2.00 bits per heavy atom. The summed E-state index contributed by atoms with van der Waals surface area (Å²) >= 11 is 0. The fourth-order valence-electron chi connectivity index (χ4n) is 2.92. The Kier molecular flexibility index (Phi) is 6.02. The maximum Gasteiger partial charge on any atom is 0.341 e. The number of para-hydroxylation sites is 1. The first kappa shape index (κ1) is 17.3. The summed E-state index contributed by atoms with van der Waals surface area (Å²) < 4.78 is 5.24. The number of amides is 1. The van der Waals surface area contributed by atoms with Crippen LogP contribution < -0.4 is 11.1 Å². The van der Waals surface area contributed by atoms with E-state index in [0.717, 1.165) is 18.4 Å². The Morgan fingerprint density at radius 3 is 2.70 bits per heavy atom. The number of nitrogens with one attached hydrogen (secondary N) is 1. The van der Waals surface area contributed by atoms with Crippen LogP contribution in [0.3, 0.4) is 0 Å². The summed E-state index contributed by atoms with van der Waals surface area (Å²) in [6.45, 7) is 4.07. The Morgan fingerprint density at radius 1 is 1.30 bits per heavy atom. The van der Waals surface area contributed by atoms with Gasteiger partial charge in [-0.25, -0.2) is 4.79 Å². The van der Waals surface area contributed by atoms with Crippen molar-refractivity contribution >= 4 is 17.6 Å². The summed E-state index contributed by atoms with van der Waals surface area (Å²) in [5.41, 5.74) is 7.40. The predicted molar refractivity (Wildman–Crippen MR) is 90.1 cm³/mol. The monoisotopic (exact) mass is 318 g/mol. The van der Waals surface area contributed by atoms with Gasteiger partial charge >= 0.3 is 5.97 Å². The fraction of sp³-hybridized carbons (Fsp3) is 0.556. The van der Waals surface area contributed by atoms with E-state index in [1.807, 2.05) is 13.0 Å². The molecule has 1 aliphatic rings. The molecule has 0 spiro atoms. The van der Waals surface area contributed by atoms with E-state index in [1.54, 1.807) is 19.1 Å². The molecule has 1 atom stereocenters. The number of nitrogens with two attached hydrogens (primary N) is 1. The molecule has 0 bridgehead atoms. The molecule has 3 N–H and O–H groups in total. The van der Waals surface area contributed by atoms with Gasteiger partial charge in [-0.3, -0.25) is 4.79 Å². The molecule has 5 nitrogen and oxygen atoms in total. The molecule has 1 saturated carbocycles. The highest BCUT2D eigenvalue weighted by Gasteiger charge is 2.22. The van der Waals surface area contributed by atoms with Gasteiger partial charge in [-0.2, -0.15) is 0 Å². The molecule has 0 saturated heterocycles. The molecule has 1 aromatic carbocycles. The minimum Gasteiger partial charge on any atom is -0.449 e. The van der Waals surface area contributed by atoms with E-state index in [-0.39, 0.29) is 5.91 Å². The summed E-state index contributed by atoms with van der Waals surface area (Å²) in [6, 6.07) is 5.18. The molecule has 0 aliphatic heterocycles. The molecule has 23 heavy (non-hydrogen) atoms. The number of carbonyl (C=O) groups is 2. The molecule has 1 amide bonds. The van der Waals surface area contributed by atoms with E-state index in [4.69, 9.17) is 10.5 Å². The molecule has 0 radical (unpaired) electrons. The first-order valence-corrected chi connectivity index (χ1v) is 8.33. The van der Waals surface area contributed by atoms with Crippen LogP contribution in [-0.2, 0) is 9.53 Å². The summed E-state index contributed by atoms with van der Waals surface area (Å²) in [7, 11) is 0. The number of hydrogen-bond donors (Lipinski definition) is 2. The second-order valence-corrected chi connectivity index (χ2v) is 6.33. The van der Waals surface area contributed by atoms with Gasteiger partial charge in [0.2, 0.25) is 0 Å². The number of anilines is 1. The summed E-state index contributed by atoms with van der Waals surface area (Å²) in [5, 5.41) is 2.89. The van der Waals surface area contributed by atoms with Crippen LogP contribution in [0.25, 0.3) is 0 Å². The molecule has 0 heterocycles. The van der Waals surface area contributed by atoms with E-state index in [2.05, 4.69) is 5.32 Å². The van der Waals surface area contributed by atoms with Crippen LogP contribution in [0.2, 0.25) is 0 Å². The lowest BCUT2D eigenvalue weighted by molar-refractivity contribution is -0.129. The van der Waals surface area contributed by atoms with Crippen molar-refractivity contribution in [2.45, 2.75) is 52.1 Å². The molecule has 2 rings (SSSR count). The van der Waals surface area contributed by atoms with E-state index < -0.39 is 12.1 Å². The molecule has 126 valence electrons. The number of nitrogen functional groups attached to an aromatic ring is 1. The zero-order valence-corrected chi connectivity index (χ0v) is 13.9. The second kappa shape index (κ2) is 7.99. The van der Waals surface area contributed by atoms with Gasteiger partial charge in [-0.1, -0.05) is 31.4 Å². The molecule has 0 unspecified atom stereocenters. The first-order valence-electron chi connectivity index (χ1n) is 8.33. The minimum absolute atomic E-state index is 0.254. The van der Waals surface area contributed by atoms with Gasteiger partial charge in [0.25, 0.3) is 5.91 Å². The number of aryl methyl sites for hydroxylation is 1. The lowest BCUT2D eigenvalue weighted by Gasteiger charge is -2.22. The minimum atomic E-state index is -0.828. The van der Waals surface area contributed by atoms with Gasteiger partial charge in [0.1, 0.15) is 0 Å². The average Bonchev–Trinajstić information content (AvgIpc) is 2.55. The second-order valence-electron chi connectivity index (χ2n) is 6.33. The number of esters is 1. The predicted octanol–water partition coefficient (Wildman–Crippen LogP) is 2.82. The zero-order chi connectivity index (χ0) is 16.8. The van der Waals surface area contributed by atoms with Crippen LogP contribution >= 0.6 is 0 Å². The van der Waals surface area contributed by atoms with Gasteiger partial charge in [0.05, 0.1) is 5.56 Å². The number of benzene rings is 1. The Balaban J connectivity index is 1.85. The van der Waals surface area contributed by atoms with Gasteiger partial charge in [-0.05, 0) is 44.2 Å². The Labute approximate surface area is 137 Å². The van der Waals surface area contributed by atoms with E-state index in [0.29, 0.717) is 23.7 Å². The van der Waals surface area contributed by atoms with Crippen molar-refractivity contribution in [3.63, 3.8) is 0 Å². The van der Waals surface area contributed by atoms with Gasteiger partial charge in [0.15, 0.2) is 6.10 Å². The van der Waals surface area contributed by atoms with Crippen molar-refractivity contribution in [3.8, 4) is 0 Å². The lowest BCUT2D eigenvalue weighted by atomic mass is 9.89. The van der Waals surface area contributed by atoms with Crippen LogP contribution in [0, 0.1) is 12.8 Å². The normalized spacial score (nSPS) is 16.6. The zero-order valence-electron chi connectivity index (χ0n) is 13.9. The third-order valence-electron chi connectivity index (χ3n) is 4.49. The Hall–Kier alpha value is -2.04. The molecule has 5 heteroatoms. The van der Waals surface area contributed by atoms with Crippen LogP contribution in [-0.4, -0.2) is 24.5 Å². The van der Waals surface area contributed by atoms with E-state index in [9.17, 15) is 9.59 Å². The quantitative estimate of drug-likeness (QED) is 0.646. The van der Waals surface area contributed by atoms with Crippen LogP contribution in [0.15, 0.2) is 18.2 Å². The molecule has 1 aromatic rings. The highest BCUT2D eigenvalue weighted by molar-refractivity contribution is 5.97. The van der Waals surface area contributed by atoms with Gasteiger partial charge in [-0.15, -0.1) is 0 Å². The smallest absolute Gasteiger partial charge is 0.341 e. The third kappa shape index (κ3) is 4.71. The largest absolute Gasteiger partial charge is 0.449 e. The standard InChI is InChI=1S/C18H26N2O3/c1-12-7-6-10-15(16(12)19)18(22)23-13(2)17(21)20-11-14-8-4-3-5-9-14/h6-7,10,13-14H,3-5,8-9,11,19H2,1-2H3,(H,20,21)/t13-/m1/s1. The topological polar surface area (TPSA) is 81.4 Å². The fourth-order valence-corrected chi connectivity index (χ4v) is 2.92. The van der Waals surface area contributed by atoms with Crippen molar-refractivity contribution in [1.29, 1.82) is 0 Å². The van der Waals surface area contributed by atoms with Crippen molar-refractivity contribution in [2.75, 3.05) is 12.3 Å². The van der Waals surface area contributed by atoms with Gasteiger partial charge in [0, 0.05) is 12.2 Å². The third-order valence-corrected chi connectivity index (χ3v) is 4.49. The van der Waals surface area contributed by atoms with Crippen molar-refractivity contribution in [1.82, 2.24) is 5.32 Å². The van der Waals surface area contributed by atoms with Crippen LogP contribution in [0.5, 0.6) is 0 Å². The summed E-state index contributed by atoms with van der Waals surface area (Å²) in [5.74, 6) is -0.273. The molecule has 1 fully saturated rings. The molecule has 1 aliphatic carbocycles. The van der Waals surface area contributed by atoms with E-state index in [1.165, 1.54) is 19.3 Å². The average molecular weight is 318 g/mol. The van der Waals surface area contributed by atoms with Crippen LogP contribution in [0.4, 0.5) is 5.69 Å². The summed E-state index contributed by atoms with van der Waals surface area (Å²) in [6.07, 6.45) is 5.25. The maximum atomic E-state index is 12.2. The maximum absolute atomic E-state index is 12.2. The summed E-state index contributed by atoms with van der Waals surface area (Å²) in [4.78, 5) is 24.2. The highest BCUT2D eigenvalue weighted by atomic mass is 16.5. The number of rotatable bonds is 5. The van der Waals surface area contributed by atoms with Crippen LogP contribution in [0.1, 0.15) is 54.9 Å². The number of ether oxygens (including phenoxy) is 1. The molecular weight excluding hydrogens is 292 g/mol. The molecule has 0 aromatic heterocycles.